The van der Waals surface area contributed by atoms with Crippen LogP contribution in [0.4, 0.5) is 0 Å². The van der Waals surface area contributed by atoms with Gasteiger partial charge in [0.15, 0.2) is 0 Å². The first-order chi connectivity index (χ1) is 6.33. The lowest BCUT2D eigenvalue weighted by Gasteiger charge is -1.99. The van der Waals surface area contributed by atoms with Gasteiger partial charge < -0.3 is 5.73 Å². The minimum Gasteiger partial charge on any atom is -0.405 e. The highest BCUT2D eigenvalue weighted by Crippen LogP contribution is 2.06. The minimum absolute atomic E-state index is 0.991. The van der Waals surface area contributed by atoms with Gasteiger partial charge in [0, 0.05) is 0 Å². The second-order valence-electron chi connectivity index (χ2n) is 3.06. The quantitative estimate of drug-likeness (QED) is 0.699. The molecule has 0 aliphatic rings. The van der Waals surface area contributed by atoms with Crippen LogP contribution in [0.3, 0.4) is 0 Å². The van der Waals surface area contributed by atoms with Crippen LogP contribution in [0, 0.1) is 0 Å². The maximum absolute atomic E-state index is 5.25. The van der Waals surface area contributed by atoms with Gasteiger partial charge in [0.1, 0.15) is 0 Å². The van der Waals surface area contributed by atoms with Gasteiger partial charge >= 0.3 is 0 Å². The van der Waals surface area contributed by atoms with Crippen LogP contribution in [0.15, 0.2) is 54.3 Å². The summed E-state index contributed by atoms with van der Waals surface area (Å²) < 4.78 is 0. The summed E-state index contributed by atoms with van der Waals surface area (Å²) in [5, 5.41) is 0. The lowest BCUT2D eigenvalue weighted by atomic mass is 10.1. The summed E-state index contributed by atoms with van der Waals surface area (Å²) in [5.74, 6) is 0. The molecule has 1 aromatic rings. The Bertz CT molecular complexity index is 296. The van der Waals surface area contributed by atoms with Gasteiger partial charge in [-0.2, -0.15) is 0 Å². The SMILES string of the molecule is C/C(=C/C=C\N)Cc1ccccc1. The summed E-state index contributed by atoms with van der Waals surface area (Å²) >= 11 is 0. The number of nitrogens with two attached hydrogens (primary N) is 1. The van der Waals surface area contributed by atoms with Crippen LogP contribution in [-0.4, -0.2) is 0 Å². The molecule has 0 radical (unpaired) electrons. The van der Waals surface area contributed by atoms with Gasteiger partial charge in [0.05, 0.1) is 0 Å². The Balaban J connectivity index is 2.60. The van der Waals surface area contributed by atoms with Crippen molar-refractivity contribution in [2.24, 2.45) is 5.73 Å². The van der Waals surface area contributed by atoms with E-state index in [1.807, 2.05) is 18.2 Å². The normalized spacial score (nSPS) is 12.2. The number of benzene rings is 1. The molecule has 0 fully saturated rings. The summed E-state index contributed by atoms with van der Waals surface area (Å²) in [6, 6.07) is 10.4. The molecule has 0 saturated heterocycles. The van der Waals surface area contributed by atoms with E-state index in [-0.39, 0.29) is 0 Å². The second-order valence-corrected chi connectivity index (χ2v) is 3.06. The topological polar surface area (TPSA) is 26.0 Å². The average molecular weight is 173 g/mol. The molecule has 1 rings (SSSR count). The van der Waals surface area contributed by atoms with Crippen LogP contribution in [0.5, 0.6) is 0 Å². The molecule has 0 amide bonds. The maximum atomic E-state index is 5.25. The Hall–Kier alpha value is -1.50. The van der Waals surface area contributed by atoms with Crippen LogP contribution in [0.2, 0.25) is 0 Å². The van der Waals surface area contributed by atoms with Gasteiger partial charge in [-0.05, 0) is 31.2 Å². The van der Waals surface area contributed by atoms with Crippen LogP contribution >= 0.6 is 0 Å². The van der Waals surface area contributed by atoms with Crippen molar-refractivity contribution in [2.45, 2.75) is 13.3 Å². The lowest BCUT2D eigenvalue weighted by molar-refractivity contribution is 1.14. The Morgan fingerprint density at radius 1 is 1.31 bits per heavy atom. The molecule has 0 saturated carbocycles. The van der Waals surface area contributed by atoms with Crippen LogP contribution in [0.25, 0.3) is 0 Å². The van der Waals surface area contributed by atoms with Gasteiger partial charge in [-0.1, -0.05) is 42.0 Å². The number of rotatable bonds is 3. The van der Waals surface area contributed by atoms with Crippen molar-refractivity contribution in [1.29, 1.82) is 0 Å². The summed E-state index contributed by atoms with van der Waals surface area (Å²) in [6.45, 7) is 2.10. The van der Waals surface area contributed by atoms with Crippen molar-refractivity contribution in [3.8, 4) is 0 Å². The standard InChI is InChI=1S/C12H15N/c1-11(6-5-9-13)10-12-7-3-2-4-8-12/h2-9H,10,13H2,1H3/b9-5-,11-6-. The summed E-state index contributed by atoms with van der Waals surface area (Å²) in [7, 11) is 0. The molecule has 0 bridgehead atoms. The van der Waals surface area contributed by atoms with Crippen molar-refractivity contribution < 1.29 is 0 Å². The van der Waals surface area contributed by atoms with Crippen LogP contribution in [-0.2, 0) is 6.42 Å². The maximum Gasteiger partial charge on any atom is -0.00624 e. The van der Waals surface area contributed by atoms with Gasteiger partial charge in [0.25, 0.3) is 0 Å². The molecular weight excluding hydrogens is 158 g/mol. The zero-order valence-corrected chi connectivity index (χ0v) is 7.90. The van der Waals surface area contributed by atoms with Crippen molar-refractivity contribution in [3.05, 3.63) is 59.8 Å². The zero-order chi connectivity index (χ0) is 9.52. The Morgan fingerprint density at radius 3 is 2.62 bits per heavy atom. The second kappa shape index (κ2) is 5.20. The fourth-order valence-corrected chi connectivity index (χ4v) is 1.20. The lowest BCUT2D eigenvalue weighted by Crippen LogP contribution is -1.85. The van der Waals surface area contributed by atoms with E-state index in [0.717, 1.165) is 6.42 Å². The summed E-state index contributed by atoms with van der Waals surface area (Å²) in [5.41, 5.74) is 7.89. The highest BCUT2D eigenvalue weighted by Gasteiger charge is 1.91. The van der Waals surface area contributed by atoms with Crippen molar-refractivity contribution in [3.63, 3.8) is 0 Å². The fourth-order valence-electron chi connectivity index (χ4n) is 1.20. The third kappa shape index (κ3) is 3.61. The monoisotopic (exact) mass is 173 g/mol. The van der Waals surface area contributed by atoms with Crippen LogP contribution < -0.4 is 5.73 Å². The third-order valence-electron chi connectivity index (χ3n) is 1.82. The Kier molecular flexibility index (Phi) is 3.83. The average Bonchev–Trinajstić information content (AvgIpc) is 2.16. The Labute approximate surface area is 79.6 Å². The molecular formula is C12H15N. The fraction of sp³-hybridized carbons (Fsp3) is 0.167. The van der Waals surface area contributed by atoms with E-state index in [2.05, 4.69) is 31.2 Å². The smallest absolute Gasteiger partial charge is 0.00624 e. The van der Waals surface area contributed by atoms with Crippen molar-refractivity contribution in [1.82, 2.24) is 0 Å². The van der Waals surface area contributed by atoms with E-state index in [4.69, 9.17) is 5.73 Å². The first-order valence-corrected chi connectivity index (χ1v) is 4.41. The van der Waals surface area contributed by atoms with E-state index in [0.29, 0.717) is 0 Å². The molecule has 13 heavy (non-hydrogen) atoms. The molecule has 0 aliphatic heterocycles. The molecule has 0 spiro atoms. The molecule has 68 valence electrons. The summed E-state index contributed by atoms with van der Waals surface area (Å²) in [6.07, 6.45) is 6.44. The molecule has 0 aromatic heterocycles. The van der Waals surface area contributed by atoms with Gasteiger partial charge in [-0.3, -0.25) is 0 Å². The van der Waals surface area contributed by atoms with Crippen molar-refractivity contribution >= 4 is 0 Å². The molecule has 0 aliphatic carbocycles. The Morgan fingerprint density at radius 2 is 2.00 bits per heavy atom. The predicted octanol–water partition coefficient (Wildman–Crippen LogP) is 2.65. The first-order valence-electron chi connectivity index (χ1n) is 4.41. The largest absolute Gasteiger partial charge is 0.405 e. The summed E-state index contributed by atoms with van der Waals surface area (Å²) in [4.78, 5) is 0. The third-order valence-corrected chi connectivity index (χ3v) is 1.82. The molecule has 0 heterocycles. The molecule has 0 atom stereocenters. The zero-order valence-electron chi connectivity index (χ0n) is 7.90. The molecule has 1 aromatic carbocycles. The number of allylic oxidation sites excluding steroid dienone is 3. The van der Waals surface area contributed by atoms with Crippen LogP contribution in [0.1, 0.15) is 12.5 Å². The molecule has 0 unspecified atom stereocenters. The van der Waals surface area contributed by atoms with E-state index in [1.54, 1.807) is 6.20 Å². The molecule has 1 heteroatoms. The minimum atomic E-state index is 0.991. The number of hydrogen-bond acceptors (Lipinski definition) is 1. The van der Waals surface area contributed by atoms with Crippen molar-refractivity contribution in [2.75, 3.05) is 0 Å². The highest BCUT2D eigenvalue weighted by atomic mass is 14.5. The van der Waals surface area contributed by atoms with Gasteiger partial charge in [-0.15, -0.1) is 0 Å². The van der Waals surface area contributed by atoms with E-state index >= 15 is 0 Å². The predicted molar refractivity (Wildman–Crippen MR) is 57.2 cm³/mol. The van der Waals surface area contributed by atoms with E-state index in [1.165, 1.54) is 11.1 Å². The number of hydrogen-bond donors (Lipinski definition) is 1. The van der Waals surface area contributed by atoms with Gasteiger partial charge in [0.2, 0.25) is 0 Å². The highest BCUT2D eigenvalue weighted by molar-refractivity contribution is 5.22. The molecule has 1 nitrogen and oxygen atoms in total. The van der Waals surface area contributed by atoms with E-state index in [9.17, 15) is 0 Å². The molecule has 2 N–H and O–H groups in total. The first kappa shape index (κ1) is 9.59. The van der Waals surface area contributed by atoms with Gasteiger partial charge in [-0.25, -0.2) is 0 Å². The van der Waals surface area contributed by atoms with E-state index < -0.39 is 0 Å².